The quantitative estimate of drug-likeness (QED) is 0.797. The average molecular weight is 207 g/mol. The van der Waals surface area contributed by atoms with E-state index in [1.807, 2.05) is 4.68 Å². The van der Waals surface area contributed by atoms with E-state index in [0.29, 0.717) is 17.5 Å². The Balaban J connectivity index is 1.69. The molecule has 2 aliphatic rings. The number of hydrogen-bond acceptors (Lipinski definition) is 4. The molecular weight excluding hydrogens is 190 g/mol. The van der Waals surface area contributed by atoms with E-state index < -0.39 is 0 Å². The van der Waals surface area contributed by atoms with E-state index in [9.17, 15) is 0 Å². The van der Waals surface area contributed by atoms with Gasteiger partial charge in [-0.3, -0.25) is 0 Å². The fourth-order valence-electron chi connectivity index (χ4n) is 1.95. The third-order valence-electron chi connectivity index (χ3n) is 3.44. The number of hydrogen-bond donors (Lipinski definition) is 1. The summed E-state index contributed by atoms with van der Waals surface area (Å²) in [6.07, 6.45) is 3.79. The second-order valence-electron chi connectivity index (χ2n) is 5.40. The highest BCUT2D eigenvalue weighted by molar-refractivity contribution is 5.02. The predicted octanol–water partition coefficient (Wildman–Crippen LogP) is 0.896. The molecule has 2 aliphatic carbocycles. The van der Waals surface area contributed by atoms with Crippen molar-refractivity contribution in [1.29, 1.82) is 0 Å². The fourth-order valence-corrected chi connectivity index (χ4v) is 1.95. The Morgan fingerprint density at radius 1 is 1.47 bits per heavy atom. The van der Waals surface area contributed by atoms with Crippen LogP contribution < -0.4 is 5.32 Å². The van der Waals surface area contributed by atoms with Crippen molar-refractivity contribution < 1.29 is 0 Å². The minimum Gasteiger partial charge on any atom is -0.307 e. The normalized spacial score (nSPS) is 28.0. The third-order valence-corrected chi connectivity index (χ3v) is 3.44. The molecule has 3 rings (SSSR count). The Morgan fingerprint density at radius 2 is 2.20 bits per heavy atom. The molecule has 0 amide bonds. The molecule has 1 aromatic heterocycles. The SMILES string of the molecule is CC1(C)CC1n1nnnc1CNC1CC1. The van der Waals surface area contributed by atoms with Crippen molar-refractivity contribution in [3.05, 3.63) is 5.82 Å². The zero-order chi connectivity index (χ0) is 10.5. The molecule has 0 aliphatic heterocycles. The maximum Gasteiger partial charge on any atom is 0.165 e. The van der Waals surface area contributed by atoms with Crippen LogP contribution in [0, 0.1) is 5.41 Å². The molecule has 5 nitrogen and oxygen atoms in total. The lowest BCUT2D eigenvalue weighted by atomic mass is 10.2. The van der Waals surface area contributed by atoms with E-state index >= 15 is 0 Å². The molecule has 1 atom stereocenters. The first-order chi connectivity index (χ1) is 7.17. The topological polar surface area (TPSA) is 55.6 Å². The average Bonchev–Trinajstić information content (AvgIpc) is 3.05. The minimum absolute atomic E-state index is 0.379. The molecule has 0 spiro atoms. The number of nitrogens with one attached hydrogen (secondary N) is 1. The van der Waals surface area contributed by atoms with Gasteiger partial charge in [-0.05, 0) is 35.1 Å². The Bertz CT molecular complexity index is 366. The van der Waals surface area contributed by atoms with Crippen LogP contribution in [-0.2, 0) is 6.54 Å². The highest BCUT2D eigenvalue weighted by atomic mass is 15.6. The molecule has 1 aromatic rings. The maximum atomic E-state index is 4.09. The third kappa shape index (κ3) is 1.76. The molecule has 1 heterocycles. The first kappa shape index (κ1) is 9.27. The lowest BCUT2D eigenvalue weighted by molar-refractivity contribution is 0.471. The van der Waals surface area contributed by atoms with Gasteiger partial charge < -0.3 is 5.32 Å². The lowest BCUT2D eigenvalue weighted by Gasteiger charge is -2.06. The number of tetrazole rings is 1. The van der Waals surface area contributed by atoms with Crippen molar-refractivity contribution in [2.45, 2.75) is 51.7 Å². The summed E-state index contributed by atoms with van der Waals surface area (Å²) in [5.41, 5.74) is 0.379. The molecule has 82 valence electrons. The van der Waals surface area contributed by atoms with E-state index in [1.54, 1.807) is 0 Å². The second kappa shape index (κ2) is 3.01. The molecule has 1 N–H and O–H groups in total. The molecule has 5 heteroatoms. The Labute approximate surface area is 89.2 Å². The van der Waals surface area contributed by atoms with Crippen LogP contribution >= 0.6 is 0 Å². The van der Waals surface area contributed by atoms with Crippen LogP contribution in [0.5, 0.6) is 0 Å². The number of nitrogens with zero attached hydrogens (tertiary/aromatic N) is 4. The highest BCUT2D eigenvalue weighted by Gasteiger charge is 2.49. The summed E-state index contributed by atoms with van der Waals surface area (Å²) in [4.78, 5) is 0. The van der Waals surface area contributed by atoms with E-state index in [0.717, 1.165) is 12.4 Å². The first-order valence-corrected chi connectivity index (χ1v) is 5.67. The molecule has 2 fully saturated rings. The predicted molar refractivity (Wildman–Crippen MR) is 55.1 cm³/mol. The Hall–Kier alpha value is -0.970. The number of aromatic nitrogens is 4. The van der Waals surface area contributed by atoms with Crippen molar-refractivity contribution in [2.75, 3.05) is 0 Å². The summed E-state index contributed by atoms with van der Waals surface area (Å²) >= 11 is 0. The highest BCUT2D eigenvalue weighted by Crippen LogP contribution is 2.55. The fraction of sp³-hybridized carbons (Fsp3) is 0.900. The summed E-state index contributed by atoms with van der Waals surface area (Å²) in [7, 11) is 0. The van der Waals surface area contributed by atoms with Crippen molar-refractivity contribution in [3.8, 4) is 0 Å². The van der Waals surface area contributed by atoms with Gasteiger partial charge in [0.15, 0.2) is 5.82 Å². The van der Waals surface area contributed by atoms with Gasteiger partial charge >= 0.3 is 0 Å². The van der Waals surface area contributed by atoms with Crippen LogP contribution in [-0.4, -0.2) is 26.2 Å². The Kier molecular flexibility index (Phi) is 1.86. The molecule has 2 saturated carbocycles. The summed E-state index contributed by atoms with van der Waals surface area (Å²) in [6, 6.07) is 1.21. The van der Waals surface area contributed by atoms with Gasteiger partial charge in [0.2, 0.25) is 0 Å². The van der Waals surface area contributed by atoms with Gasteiger partial charge in [0.1, 0.15) is 0 Å². The minimum atomic E-state index is 0.379. The van der Waals surface area contributed by atoms with Crippen LogP contribution in [0.3, 0.4) is 0 Å². The van der Waals surface area contributed by atoms with E-state index in [1.165, 1.54) is 19.3 Å². The van der Waals surface area contributed by atoms with E-state index in [2.05, 4.69) is 34.7 Å². The van der Waals surface area contributed by atoms with Crippen molar-refractivity contribution in [1.82, 2.24) is 25.5 Å². The van der Waals surface area contributed by atoms with Gasteiger partial charge in [-0.25, -0.2) is 4.68 Å². The first-order valence-electron chi connectivity index (χ1n) is 5.67. The standard InChI is InChI=1S/C10H17N5/c1-10(2)5-8(10)15-9(12-13-14-15)6-11-7-3-4-7/h7-8,11H,3-6H2,1-2H3. The van der Waals surface area contributed by atoms with Gasteiger partial charge in [-0.1, -0.05) is 13.8 Å². The smallest absolute Gasteiger partial charge is 0.165 e. The monoisotopic (exact) mass is 207 g/mol. The maximum absolute atomic E-state index is 4.09. The van der Waals surface area contributed by atoms with E-state index in [4.69, 9.17) is 0 Å². The molecule has 0 saturated heterocycles. The lowest BCUT2D eigenvalue weighted by Crippen LogP contribution is -2.19. The summed E-state index contributed by atoms with van der Waals surface area (Å²) in [6.45, 7) is 5.33. The molecular formula is C10H17N5. The summed E-state index contributed by atoms with van der Waals surface area (Å²) in [5, 5.41) is 15.4. The molecule has 0 aromatic carbocycles. The van der Waals surface area contributed by atoms with Gasteiger partial charge in [0.05, 0.1) is 12.6 Å². The van der Waals surface area contributed by atoms with Gasteiger partial charge in [-0.15, -0.1) is 5.10 Å². The van der Waals surface area contributed by atoms with Gasteiger partial charge in [-0.2, -0.15) is 0 Å². The largest absolute Gasteiger partial charge is 0.307 e. The van der Waals surface area contributed by atoms with E-state index in [-0.39, 0.29) is 0 Å². The van der Waals surface area contributed by atoms with Crippen LogP contribution in [0.1, 0.15) is 45.0 Å². The second-order valence-corrected chi connectivity index (χ2v) is 5.40. The van der Waals surface area contributed by atoms with Crippen LogP contribution in [0.2, 0.25) is 0 Å². The van der Waals surface area contributed by atoms with Crippen molar-refractivity contribution in [2.24, 2.45) is 5.41 Å². The number of rotatable bonds is 4. The molecule has 15 heavy (non-hydrogen) atoms. The molecule has 0 radical (unpaired) electrons. The van der Waals surface area contributed by atoms with Crippen molar-refractivity contribution in [3.63, 3.8) is 0 Å². The zero-order valence-electron chi connectivity index (χ0n) is 9.27. The van der Waals surface area contributed by atoms with Gasteiger partial charge in [0, 0.05) is 6.04 Å². The van der Waals surface area contributed by atoms with Crippen molar-refractivity contribution >= 4 is 0 Å². The molecule has 1 unspecified atom stereocenters. The van der Waals surface area contributed by atoms with Crippen LogP contribution in [0.4, 0.5) is 0 Å². The summed E-state index contributed by atoms with van der Waals surface area (Å²) < 4.78 is 2.00. The van der Waals surface area contributed by atoms with Crippen LogP contribution in [0.15, 0.2) is 0 Å². The van der Waals surface area contributed by atoms with Gasteiger partial charge in [0.25, 0.3) is 0 Å². The Morgan fingerprint density at radius 3 is 2.80 bits per heavy atom. The summed E-state index contributed by atoms with van der Waals surface area (Å²) in [5.74, 6) is 0.984. The van der Waals surface area contributed by atoms with Crippen LogP contribution in [0.25, 0.3) is 0 Å². The molecule has 0 bridgehead atoms. The zero-order valence-corrected chi connectivity index (χ0v) is 9.27.